The molecule has 0 aliphatic heterocycles. The first-order valence-electron chi connectivity index (χ1n) is 6.56. The normalized spacial score (nSPS) is 16.9. The highest BCUT2D eigenvalue weighted by atomic mass is 16.1. The predicted octanol–water partition coefficient (Wildman–Crippen LogP) is 2.24. The molecule has 0 saturated heterocycles. The van der Waals surface area contributed by atoms with Gasteiger partial charge in [-0.05, 0) is 18.8 Å². The molecule has 0 amide bonds. The van der Waals surface area contributed by atoms with E-state index >= 15 is 0 Å². The van der Waals surface area contributed by atoms with Crippen molar-refractivity contribution in [2.24, 2.45) is 11.8 Å². The van der Waals surface area contributed by atoms with Crippen molar-refractivity contribution in [2.45, 2.75) is 52.5 Å². The molecule has 94 valence electrons. The molecule has 1 aliphatic carbocycles. The van der Waals surface area contributed by atoms with Gasteiger partial charge in [-0.15, -0.1) is 0 Å². The Hall–Kier alpha value is -1.19. The molecule has 1 saturated carbocycles. The van der Waals surface area contributed by atoms with Gasteiger partial charge in [-0.25, -0.2) is 9.67 Å². The second-order valence-electron chi connectivity index (χ2n) is 5.38. The maximum atomic E-state index is 12.1. The lowest BCUT2D eigenvalue weighted by Crippen LogP contribution is -2.18. The SMILES string of the molecule is CC(C)Cn1ncnc1CC(=O)C1CCCC1. The Balaban J connectivity index is 1.97. The van der Waals surface area contributed by atoms with Crippen LogP contribution in [0, 0.1) is 11.8 Å². The third kappa shape index (κ3) is 3.14. The van der Waals surface area contributed by atoms with Crippen LogP contribution in [0.3, 0.4) is 0 Å². The molecule has 17 heavy (non-hydrogen) atoms. The van der Waals surface area contributed by atoms with E-state index in [0.29, 0.717) is 18.1 Å². The second kappa shape index (κ2) is 5.43. The van der Waals surface area contributed by atoms with Crippen LogP contribution >= 0.6 is 0 Å². The minimum absolute atomic E-state index is 0.277. The highest BCUT2D eigenvalue weighted by Crippen LogP contribution is 2.26. The average Bonchev–Trinajstić information content (AvgIpc) is 2.89. The molecule has 2 rings (SSSR count). The standard InChI is InChI=1S/C13H21N3O/c1-10(2)8-16-13(14-9-15-16)7-12(17)11-5-3-4-6-11/h9-11H,3-8H2,1-2H3. The molecule has 0 aromatic carbocycles. The van der Waals surface area contributed by atoms with Crippen molar-refractivity contribution in [1.82, 2.24) is 14.8 Å². The topological polar surface area (TPSA) is 47.8 Å². The third-order valence-electron chi connectivity index (χ3n) is 3.38. The number of rotatable bonds is 5. The molecule has 0 spiro atoms. The van der Waals surface area contributed by atoms with E-state index in [1.165, 1.54) is 12.8 Å². The predicted molar refractivity (Wildman–Crippen MR) is 65.5 cm³/mol. The number of nitrogens with zero attached hydrogens (tertiary/aromatic N) is 3. The van der Waals surface area contributed by atoms with Gasteiger partial charge in [0.25, 0.3) is 0 Å². The molecule has 4 nitrogen and oxygen atoms in total. The molecule has 1 aromatic heterocycles. The maximum Gasteiger partial charge on any atom is 0.143 e. The zero-order chi connectivity index (χ0) is 12.3. The first kappa shape index (κ1) is 12.3. The van der Waals surface area contributed by atoms with Crippen LogP contribution in [0.1, 0.15) is 45.4 Å². The molecule has 1 aromatic rings. The molecule has 0 unspecified atom stereocenters. The van der Waals surface area contributed by atoms with Crippen molar-refractivity contribution in [3.63, 3.8) is 0 Å². The Morgan fingerprint density at radius 1 is 1.47 bits per heavy atom. The lowest BCUT2D eigenvalue weighted by molar-refractivity contribution is -0.122. The van der Waals surface area contributed by atoms with Crippen LogP contribution in [-0.4, -0.2) is 20.5 Å². The van der Waals surface area contributed by atoms with E-state index < -0.39 is 0 Å². The molecule has 1 heterocycles. The van der Waals surface area contributed by atoms with Crippen LogP contribution in [0.4, 0.5) is 0 Å². The molecule has 1 fully saturated rings. The van der Waals surface area contributed by atoms with Gasteiger partial charge in [0.2, 0.25) is 0 Å². The van der Waals surface area contributed by atoms with Crippen LogP contribution in [0.5, 0.6) is 0 Å². The van der Waals surface area contributed by atoms with Gasteiger partial charge in [-0.3, -0.25) is 4.79 Å². The summed E-state index contributed by atoms with van der Waals surface area (Å²) in [4.78, 5) is 16.3. The average molecular weight is 235 g/mol. The Labute approximate surface area is 102 Å². The van der Waals surface area contributed by atoms with E-state index in [-0.39, 0.29) is 5.92 Å². The van der Waals surface area contributed by atoms with Crippen LogP contribution in [0.2, 0.25) is 0 Å². The minimum atomic E-state index is 0.277. The quantitative estimate of drug-likeness (QED) is 0.786. The molecule has 4 heteroatoms. The Morgan fingerprint density at radius 3 is 2.82 bits per heavy atom. The van der Waals surface area contributed by atoms with Crippen molar-refractivity contribution in [2.75, 3.05) is 0 Å². The number of Topliss-reactive ketones (excluding diaryl/α,β-unsaturated/α-hetero) is 1. The molecule has 0 bridgehead atoms. The van der Waals surface area contributed by atoms with Gasteiger partial charge in [-0.1, -0.05) is 26.7 Å². The van der Waals surface area contributed by atoms with Crippen molar-refractivity contribution < 1.29 is 4.79 Å². The highest BCUT2D eigenvalue weighted by Gasteiger charge is 2.24. The zero-order valence-corrected chi connectivity index (χ0v) is 10.7. The summed E-state index contributed by atoms with van der Waals surface area (Å²) in [6.45, 7) is 5.13. The Bertz CT molecular complexity index is 378. The molecule has 0 N–H and O–H groups in total. The van der Waals surface area contributed by atoms with Gasteiger partial charge in [0, 0.05) is 12.5 Å². The van der Waals surface area contributed by atoms with Crippen molar-refractivity contribution in [3.8, 4) is 0 Å². The summed E-state index contributed by atoms with van der Waals surface area (Å²) < 4.78 is 1.87. The number of carbonyl (C=O) groups excluding carboxylic acids is 1. The van der Waals surface area contributed by atoms with Crippen molar-refractivity contribution in [1.29, 1.82) is 0 Å². The number of hydrogen-bond acceptors (Lipinski definition) is 3. The number of carbonyl (C=O) groups is 1. The fraction of sp³-hybridized carbons (Fsp3) is 0.769. The smallest absolute Gasteiger partial charge is 0.143 e. The van der Waals surface area contributed by atoms with Gasteiger partial charge >= 0.3 is 0 Å². The fourth-order valence-electron chi connectivity index (χ4n) is 2.47. The highest BCUT2D eigenvalue weighted by molar-refractivity contribution is 5.82. The van der Waals surface area contributed by atoms with E-state index in [0.717, 1.165) is 25.2 Å². The van der Waals surface area contributed by atoms with E-state index in [4.69, 9.17) is 0 Å². The molecular formula is C13H21N3O. The lowest BCUT2D eigenvalue weighted by Gasteiger charge is -2.10. The van der Waals surface area contributed by atoms with Gasteiger partial charge in [0.1, 0.15) is 17.9 Å². The molecular weight excluding hydrogens is 214 g/mol. The van der Waals surface area contributed by atoms with E-state index in [1.807, 2.05) is 4.68 Å². The fourth-order valence-corrected chi connectivity index (χ4v) is 2.47. The first-order valence-corrected chi connectivity index (χ1v) is 6.56. The summed E-state index contributed by atoms with van der Waals surface area (Å²) in [7, 11) is 0. The molecule has 1 aliphatic rings. The Kier molecular flexibility index (Phi) is 3.92. The first-order chi connectivity index (χ1) is 8.16. The van der Waals surface area contributed by atoms with E-state index in [9.17, 15) is 4.79 Å². The summed E-state index contributed by atoms with van der Waals surface area (Å²) in [6, 6.07) is 0. The summed E-state index contributed by atoms with van der Waals surface area (Å²) in [5.74, 6) is 1.98. The second-order valence-corrected chi connectivity index (χ2v) is 5.38. The van der Waals surface area contributed by atoms with Crippen molar-refractivity contribution >= 4 is 5.78 Å². The number of aromatic nitrogens is 3. The monoisotopic (exact) mass is 235 g/mol. The van der Waals surface area contributed by atoms with Gasteiger partial charge in [0.15, 0.2) is 0 Å². The molecule has 0 radical (unpaired) electrons. The third-order valence-corrected chi connectivity index (χ3v) is 3.38. The van der Waals surface area contributed by atoms with Crippen molar-refractivity contribution in [3.05, 3.63) is 12.2 Å². The zero-order valence-electron chi connectivity index (χ0n) is 10.7. The summed E-state index contributed by atoms with van der Waals surface area (Å²) in [6.07, 6.45) is 6.55. The van der Waals surface area contributed by atoms with Crippen LogP contribution in [-0.2, 0) is 17.8 Å². The Morgan fingerprint density at radius 2 is 2.18 bits per heavy atom. The lowest BCUT2D eigenvalue weighted by atomic mass is 10.00. The minimum Gasteiger partial charge on any atom is -0.299 e. The summed E-state index contributed by atoms with van der Waals surface area (Å²) in [5.41, 5.74) is 0. The van der Waals surface area contributed by atoms with E-state index in [2.05, 4.69) is 23.9 Å². The maximum absolute atomic E-state index is 12.1. The van der Waals surface area contributed by atoms with Gasteiger partial charge in [-0.2, -0.15) is 5.10 Å². The van der Waals surface area contributed by atoms with E-state index in [1.54, 1.807) is 6.33 Å². The van der Waals surface area contributed by atoms with Crippen LogP contribution in [0.15, 0.2) is 6.33 Å². The summed E-state index contributed by atoms with van der Waals surface area (Å²) >= 11 is 0. The van der Waals surface area contributed by atoms with Crippen LogP contribution < -0.4 is 0 Å². The van der Waals surface area contributed by atoms with Crippen LogP contribution in [0.25, 0.3) is 0 Å². The van der Waals surface area contributed by atoms with Gasteiger partial charge < -0.3 is 0 Å². The number of ketones is 1. The largest absolute Gasteiger partial charge is 0.299 e. The summed E-state index contributed by atoms with van der Waals surface area (Å²) in [5, 5.41) is 4.19. The molecule has 0 atom stereocenters. The number of hydrogen-bond donors (Lipinski definition) is 0. The van der Waals surface area contributed by atoms with Gasteiger partial charge in [0.05, 0.1) is 6.42 Å².